The minimum atomic E-state index is -0.738. The Kier molecular flexibility index (Phi) is 3.49. The van der Waals surface area contributed by atoms with Crippen LogP contribution < -0.4 is 4.90 Å². The second kappa shape index (κ2) is 5.29. The number of aliphatic hydroxyl groups is 1. The van der Waals surface area contributed by atoms with Crippen LogP contribution in [0.1, 0.15) is 25.5 Å². The monoisotopic (exact) mass is 271 g/mol. The third-order valence-corrected chi connectivity index (χ3v) is 4.20. The van der Waals surface area contributed by atoms with Gasteiger partial charge in [-0.05, 0) is 38.0 Å². The van der Waals surface area contributed by atoms with Crippen molar-refractivity contribution >= 4 is 5.69 Å². The van der Waals surface area contributed by atoms with Gasteiger partial charge < -0.3 is 10.0 Å². The van der Waals surface area contributed by atoms with Crippen LogP contribution in [0.5, 0.6) is 0 Å². The number of aryl methyl sites for hydroxylation is 1. The van der Waals surface area contributed by atoms with E-state index in [1.54, 1.807) is 6.20 Å². The third-order valence-electron chi connectivity index (χ3n) is 4.20. The highest BCUT2D eigenvalue weighted by Gasteiger charge is 2.36. The van der Waals surface area contributed by atoms with Crippen LogP contribution in [-0.2, 0) is 12.1 Å². The summed E-state index contributed by atoms with van der Waals surface area (Å²) in [7, 11) is 0. The van der Waals surface area contributed by atoms with Crippen molar-refractivity contribution in [1.29, 1.82) is 0 Å². The highest BCUT2D eigenvalue weighted by atomic mass is 16.3. The van der Waals surface area contributed by atoms with Crippen molar-refractivity contribution in [3.63, 3.8) is 0 Å². The quantitative estimate of drug-likeness (QED) is 0.932. The second-order valence-corrected chi connectivity index (χ2v) is 5.39. The summed E-state index contributed by atoms with van der Waals surface area (Å²) in [5.74, 6) is 0. The largest absolute Gasteiger partial charge is 0.383 e. The van der Waals surface area contributed by atoms with E-state index in [0.29, 0.717) is 0 Å². The average Bonchev–Trinajstić information content (AvgIpc) is 2.98. The molecule has 1 aliphatic heterocycles. The standard InChI is InChI=1S/C16H21N3O/c1-2-19-15(8-11-17-19)16(20)9-12-18(13-10-16)14-6-4-3-5-7-14/h3-8,11,20H,2,9-10,12-13H2,1H3. The lowest BCUT2D eigenvalue weighted by Gasteiger charge is -2.39. The maximum absolute atomic E-state index is 10.9. The number of anilines is 1. The molecule has 1 aromatic carbocycles. The number of para-hydroxylation sites is 1. The van der Waals surface area contributed by atoms with Gasteiger partial charge in [-0.2, -0.15) is 5.10 Å². The van der Waals surface area contributed by atoms with Crippen molar-refractivity contribution in [2.24, 2.45) is 0 Å². The SMILES string of the molecule is CCn1nccc1C1(O)CCN(c2ccccc2)CC1. The highest BCUT2D eigenvalue weighted by molar-refractivity contribution is 5.46. The molecule has 1 N–H and O–H groups in total. The van der Waals surface area contributed by atoms with E-state index in [0.717, 1.165) is 38.2 Å². The Hall–Kier alpha value is -1.81. The fourth-order valence-electron chi connectivity index (χ4n) is 3.01. The van der Waals surface area contributed by atoms with E-state index in [-0.39, 0.29) is 0 Å². The smallest absolute Gasteiger partial charge is 0.110 e. The molecule has 1 fully saturated rings. The van der Waals surface area contributed by atoms with E-state index in [2.05, 4.69) is 41.2 Å². The molecule has 4 heteroatoms. The maximum Gasteiger partial charge on any atom is 0.110 e. The fraction of sp³-hybridized carbons (Fsp3) is 0.438. The Morgan fingerprint density at radius 2 is 1.85 bits per heavy atom. The van der Waals surface area contributed by atoms with E-state index in [1.165, 1.54) is 5.69 Å². The lowest BCUT2D eigenvalue weighted by Crippen LogP contribution is -2.43. The van der Waals surface area contributed by atoms with Gasteiger partial charge in [0.1, 0.15) is 5.60 Å². The van der Waals surface area contributed by atoms with Gasteiger partial charge in [-0.25, -0.2) is 0 Å². The summed E-state index contributed by atoms with van der Waals surface area (Å²) in [6.45, 7) is 4.59. The summed E-state index contributed by atoms with van der Waals surface area (Å²) in [5, 5.41) is 15.2. The summed E-state index contributed by atoms with van der Waals surface area (Å²) in [5.41, 5.74) is 1.45. The molecule has 1 saturated heterocycles. The predicted molar refractivity (Wildman–Crippen MR) is 79.7 cm³/mol. The number of benzene rings is 1. The average molecular weight is 271 g/mol. The van der Waals surface area contributed by atoms with Gasteiger partial charge in [-0.3, -0.25) is 4.68 Å². The minimum Gasteiger partial charge on any atom is -0.383 e. The molecule has 0 spiro atoms. The van der Waals surface area contributed by atoms with E-state index >= 15 is 0 Å². The van der Waals surface area contributed by atoms with Crippen LogP contribution in [0.3, 0.4) is 0 Å². The number of hydrogen-bond acceptors (Lipinski definition) is 3. The summed E-state index contributed by atoms with van der Waals surface area (Å²) in [4.78, 5) is 2.33. The molecule has 0 amide bonds. The Labute approximate surface area is 119 Å². The zero-order valence-corrected chi connectivity index (χ0v) is 11.9. The molecule has 0 bridgehead atoms. The van der Waals surface area contributed by atoms with Gasteiger partial charge in [-0.1, -0.05) is 18.2 Å². The molecule has 0 radical (unpaired) electrons. The third kappa shape index (κ3) is 2.31. The Balaban J connectivity index is 1.75. The van der Waals surface area contributed by atoms with Crippen LogP contribution >= 0.6 is 0 Å². The molecular formula is C16H21N3O. The van der Waals surface area contributed by atoms with E-state index in [4.69, 9.17) is 0 Å². The molecule has 0 aliphatic carbocycles. The zero-order chi connectivity index (χ0) is 14.0. The van der Waals surface area contributed by atoms with Crippen molar-refractivity contribution in [2.75, 3.05) is 18.0 Å². The highest BCUT2D eigenvalue weighted by Crippen LogP contribution is 2.34. The number of hydrogen-bond donors (Lipinski definition) is 1. The van der Waals surface area contributed by atoms with Gasteiger partial charge in [0.15, 0.2) is 0 Å². The van der Waals surface area contributed by atoms with Gasteiger partial charge in [0.25, 0.3) is 0 Å². The number of rotatable bonds is 3. The first-order valence-electron chi connectivity index (χ1n) is 7.27. The first-order chi connectivity index (χ1) is 9.73. The summed E-state index contributed by atoms with van der Waals surface area (Å²) in [6, 6.07) is 12.3. The van der Waals surface area contributed by atoms with Gasteiger partial charge in [0.2, 0.25) is 0 Å². The van der Waals surface area contributed by atoms with Crippen molar-refractivity contribution in [3.05, 3.63) is 48.3 Å². The molecule has 1 aromatic heterocycles. The normalized spacial score (nSPS) is 18.2. The van der Waals surface area contributed by atoms with Crippen LogP contribution in [0.15, 0.2) is 42.6 Å². The number of aromatic nitrogens is 2. The molecule has 0 unspecified atom stereocenters. The lowest BCUT2D eigenvalue weighted by atomic mass is 9.88. The zero-order valence-electron chi connectivity index (χ0n) is 11.9. The molecule has 4 nitrogen and oxygen atoms in total. The van der Waals surface area contributed by atoms with Gasteiger partial charge in [0.05, 0.1) is 5.69 Å². The van der Waals surface area contributed by atoms with Crippen LogP contribution in [0.4, 0.5) is 5.69 Å². The molecule has 106 valence electrons. The predicted octanol–water partition coefficient (Wildman–Crippen LogP) is 2.39. The van der Waals surface area contributed by atoms with Crippen LogP contribution in [0, 0.1) is 0 Å². The first kappa shape index (κ1) is 13.2. The van der Waals surface area contributed by atoms with Crippen LogP contribution in [0.2, 0.25) is 0 Å². The van der Waals surface area contributed by atoms with Gasteiger partial charge in [0, 0.05) is 31.5 Å². The molecule has 3 rings (SSSR count). The van der Waals surface area contributed by atoms with Crippen molar-refractivity contribution in [3.8, 4) is 0 Å². The summed E-state index contributed by atoms with van der Waals surface area (Å²) >= 11 is 0. The fourth-order valence-corrected chi connectivity index (χ4v) is 3.01. The Morgan fingerprint density at radius 1 is 1.15 bits per heavy atom. The summed E-state index contributed by atoms with van der Waals surface area (Å²) < 4.78 is 1.90. The first-order valence-corrected chi connectivity index (χ1v) is 7.27. The van der Waals surface area contributed by atoms with Crippen LogP contribution in [-0.4, -0.2) is 28.0 Å². The van der Waals surface area contributed by atoms with Crippen LogP contribution in [0.25, 0.3) is 0 Å². The Bertz CT molecular complexity index is 556. The Morgan fingerprint density at radius 3 is 2.50 bits per heavy atom. The lowest BCUT2D eigenvalue weighted by molar-refractivity contribution is 0.00338. The van der Waals surface area contributed by atoms with Gasteiger partial charge in [-0.15, -0.1) is 0 Å². The second-order valence-electron chi connectivity index (χ2n) is 5.39. The van der Waals surface area contributed by atoms with Crippen molar-refractivity contribution in [2.45, 2.75) is 31.9 Å². The molecule has 1 aliphatic rings. The maximum atomic E-state index is 10.9. The molecular weight excluding hydrogens is 250 g/mol. The topological polar surface area (TPSA) is 41.3 Å². The summed E-state index contributed by atoms with van der Waals surface area (Å²) in [6.07, 6.45) is 3.27. The molecule has 20 heavy (non-hydrogen) atoms. The van der Waals surface area contributed by atoms with E-state index in [1.807, 2.05) is 16.8 Å². The number of piperidine rings is 1. The molecule has 0 saturated carbocycles. The minimum absolute atomic E-state index is 0.738. The van der Waals surface area contributed by atoms with E-state index in [9.17, 15) is 5.11 Å². The molecule has 2 heterocycles. The molecule has 0 atom stereocenters. The van der Waals surface area contributed by atoms with Crippen molar-refractivity contribution in [1.82, 2.24) is 9.78 Å². The van der Waals surface area contributed by atoms with Crippen molar-refractivity contribution < 1.29 is 5.11 Å². The van der Waals surface area contributed by atoms with E-state index < -0.39 is 5.60 Å². The molecule has 2 aromatic rings. The van der Waals surface area contributed by atoms with Gasteiger partial charge >= 0.3 is 0 Å². The number of nitrogens with zero attached hydrogens (tertiary/aromatic N) is 3.